The van der Waals surface area contributed by atoms with Crippen molar-refractivity contribution >= 4 is 54.6 Å². The van der Waals surface area contributed by atoms with E-state index in [0.717, 1.165) is 50.3 Å². The number of hydrogen-bond acceptors (Lipinski definition) is 3. The van der Waals surface area contributed by atoms with Crippen molar-refractivity contribution in [2.75, 3.05) is 0 Å². The Morgan fingerprint density at radius 1 is 0.271 bits per heavy atom. The highest BCUT2D eigenvalue weighted by molar-refractivity contribution is 6.29. The molecule has 0 fully saturated rings. The largest absolute Gasteiger partial charge is 0.309 e. The smallest absolute Gasteiger partial charge is 0.164 e. The molecule has 12 aromatic rings. The van der Waals surface area contributed by atoms with E-state index >= 15 is 0 Å². The van der Waals surface area contributed by atoms with E-state index in [1.165, 1.54) is 38.1 Å². The minimum absolute atomic E-state index is 0.620. The molecule has 4 aromatic heterocycles. The monoisotopic (exact) mass is 754 g/mol. The van der Waals surface area contributed by atoms with Gasteiger partial charge in [-0.2, -0.15) is 0 Å². The van der Waals surface area contributed by atoms with Crippen LogP contribution in [-0.2, 0) is 0 Å². The van der Waals surface area contributed by atoms with E-state index in [9.17, 15) is 0 Å². The number of rotatable bonds is 6. The molecular weight excluding hydrogens is 721 g/mol. The molecule has 0 spiro atoms. The van der Waals surface area contributed by atoms with Gasteiger partial charge in [-0.1, -0.05) is 146 Å². The maximum atomic E-state index is 5.09. The van der Waals surface area contributed by atoms with Crippen molar-refractivity contribution in [3.8, 4) is 51.2 Å². The maximum Gasteiger partial charge on any atom is 0.164 e. The van der Waals surface area contributed by atoms with E-state index in [-0.39, 0.29) is 0 Å². The first-order chi connectivity index (χ1) is 29.3. The van der Waals surface area contributed by atoms with Crippen molar-refractivity contribution in [1.82, 2.24) is 28.7 Å². The van der Waals surface area contributed by atoms with Crippen molar-refractivity contribution in [2.24, 2.45) is 0 Å². The highest BCUT2D eigenvalue weighted by atomic mass is 15.1. The Bertz CT molecular complexity index is 3470. The standard InChI is InChI=1S/C53H34N6/c1-5-18-35(19-6-1)51-54-52(36-20-7-2-8-21-36)56-53(55-51)37-22-17-27-40(34-37)58-45-31-16-14-29-42(45)49-50(58)43-32-33-46-47(48(43)59(49)39-25-11-4-12-26-39)41-28-13-15-30-44(41)57(46)38-23-9-3-10-24-38/h1-34H. The molecule has 0 unspecified atom stereocenters. The Morgan fingerprint density at radius 2 is 0.729 bits per heavy atom. The lowest BCUT2D eigenvalue weighted by Gasteiger charge is -2.12. The first-order valence-electron chi connectivity index (χ1n) is 19.9. The number of benzene rings is 8. The van der Waals surface area contributed by atoms with Crippen LogP contribution in [0, 0.1) is 0 Å². The molecule has 59 heavy (non-hydrogen) atoms. The Morgan fingerprint density at radius 3 is 1.36 bits per heavy atom. The van der Waals surface area contributed by atoms with E-state index in [0.29, 0.717) is 17.5 Å². The molecule has 0 saturated heterocycles. The van der Waals surface area contributed by atoms with E-state index in [2.05, 4.69) is 159 Å². The summed E-state index contributed by atoms with van der Waals surface area (Å²) in [6.07, 6.45) is 0. The summed E-state index contributed by atoms with van der Waals surface area (Å²) in [4.78, 5) is 15.1. The van der Waals surface area contributed by atoms with Crippen LogP contribution in [0.1, 0.15) is 0 Å². The zero-order valence-electron chi connectivity index (χ0n) is 31.8. The molecule has 8 aromatic carbocycles. The summed E-state index contributed by atoms with van der Waals surface area (Å²) in [6, 6.07) is 72.5. The number of nitrogens with zero attached hydrogens (tertiary/aromatic N) is 6. The molecule has 4 heterocycles. The summed E-state index contributed by atoms with van der Waals surface area (Å²) in [5.41, 5.74) is 13.0. The van der Waals surface area contributed by atoms with Crippen molar-refractivity contribution in [1.29, 1.82) is 0 Å². The number of fused-ring (bicyclic) bond motifs is 9. The highest BCUT2D eigenvalue weighted by Gasteiger charge is 2.26. The number of aromatic nitrogens is 6. The minimum atomic E-state index is 0.620. The van der Waals surface area contributed by atoms with Crippen LogP contribution in [0.2, 0.25) is 0 Å². The van der Waals surface area contributed by atoms with Crippen LogP contribution in [-0.4, -0.2) is 28.7 Å². The lowest BCUT2D eigenvalue weighted by molar-refractivity contribution is 1.07. The fourth-order valence-corrected chi connectivity index (χ4v) is 8.95. The topological polar surface area (TPSA) is 53.5 Å². The molecule has 0 amide bonds. The van der Waals surface area contributed by atoms with E-state index < -0.39 is 0 Å². The van der Waals surface area contributed by atoms with E-state index in [1.54, 1.807) is 0 Å². The van der Waals surface area contributed by atoms with Crippen LogP contribution in [0.3, 0.4) is 0 Å². The molecule has 0 radical (unpaired) electrons. The Labute approximate surface area is 339 Å². The van der Waals surface area contributed by atoms with Crippen molar-refractivity contribution in [3.05, 3.63) is 206 Å². The van der Waals surface area contributed by atoms with Gasteiger partial charge in [0.1, 0.15) is 0 Å². The van der Waals surface area contributed by atoms with Crippen molar-refractivity contribution < 1.29 is 0 Å². The van der Waals surface area contributed by atoms with Gasteiger partial charge in [0.2, 0.25) is 0 Å². The molecule has 0 saturated carbocycles. The van der Waals surface area contributed by atoms with Crippen LogP contribution in [0.4, 0.5) is 0 Å². The SMILES string of the molecule is c1ccc(-c2nc(-c3ccccc3)nc(-c3cccc(-n4c5ccccc5c5c4c4ccc6c(c7ccccc7n6-c6ccccc6)c4n5-c4ccccc4)c3)n2)cc1. The average molecular weight is 755 g/mol. The molecule has 12 rings (SSSR count). The molecule has 0 atom stereocenters. The van der Waals surface area contributed by atoms with Crippen molar-refractivity contribution in [3.63, 3.8) is 0 Å². The minimum Gasteiger partial charge on any atom is -0.309 e. The zero-order valence-corrected chi connectivity index (χ0v) is 31.8. The molecule has 0 N–H and O–H groups in total. The van der Waals surface area contributed by atoms with E-state index in [4.69, 9.17) is 15.0 Å². The fourth-order valence-electron chi connectivity index (χ4n) is 8.95. The summed E-state index contributed by atoms with van der Waals surface area (Å²) in [6.45, 7) is 0. The van der Waals surface area contributed by atoms with Gasteiger partial charge in [-0.3, -0.25) is 0 Å². The molecule has 6 heteroatoms. The first kappa shape index (κ1) is 33.1. The zero-order chi connectivity index (χ0) is 38.9. The second-order valence-corrected chi connectivity index (χ2v) is 14.9. The summed E-state index contributed by atoms with van der Waals surface area (Å²) in [5.74, 6) is 1.89. The molecule has 0 aliphatic heterocycles. The molecule has 0 bridgehead atoms. The fraction of sp³-hybridized carbons (Fsp3) is 0. The number of para-hydroxylation sites is 4. The lowest BCUT2D eigenvalue weighted by atomic mass is 10.1. The summed E-state index contributed by atoms with van der Waals surface area (Å²) in [5, 5.41) is 4.78. The van der Waals surface area contributed by atoms with Gasteiger partial charge in [0.15, 0.2) is 17.5 Å². The van der Waals surface area contributed by atoms with E-state index in [1.807, 2.05) is 60.7 Å². The van der Waals surface area contributed by atoms with Gasteiger partial charge in [-0.25, -0.2) is 15.0 Å². The second-order valence-electron chi connectivity index (χ2n) is 14.9. The first-order valence-corrected chi connectivity index (χ1v) is 19.9. The van der Waals surface area contributed by atoms with Crippen LogP contribution in [0.5, 0.6) is 0 Å². The Hall–Kier alpha value is -8.09. The predicted octanol–water partition coefficient (Wildman–Crippen LogP) is 13.0. The lowest BCUT2D eigenvalue weighted by Crippen LogP contribution is -2.01. The quantitative estimate of drug-likeness (QED) is 0.170. The third-order valence-electron chi connectivity index (χ3n) is 11.5. The normalized spacial score (nSPS) is 11.7. The molecular formula is C53H34N6. The third-order valence-corrected chi connectivity index (χ3v) is 11.5. The van der Waals surface area contributed by atoms with Crippen LogP contribution in [0.25, 0.3) is 106 Å². The Balaban J connectivity index is 1.17. The van der Waals surface area contributed by atoms with Gasteiger partial charge in [0, 0.05) is 55.3 Å². The molecule has 6 nitrogen and oxygen atoms in total. The summed E-state index contributed by atoms with van der Waals surface area (Å²) in [7, 11) is 0. The maximum absolute atomic E-state index is 5.09. The van der Waals surface area contributed by atoms with Crippen LogP contribution in [0.15, 0.2) is 206 Å². The van der Waals surface area contributed by atoms with Gasteiger partial charge in [0.25, 0.3) is 0 Å². The highest BCUT2D eigenvalue weighted by Crippen LogP contribution is 2.46. The molecule has 276 valence electrons. The third kappa shape index (κ3) is 5.17. The van der Waals surface area contributed by atoms with Gasteiger partial charge in [-0.05, 0) is 60.7 Å². The van der Waals surface area contributed by atoms with Crippen molar-refractivity contribution in [2.45, 2.75) is 0 Å². The number of hydrogen-bond donors (Lipinski definition) is 0. The summed E-state index contributed by atoms with van der Waals surface area (Å²) < 4.78 is 7.31. The predicted molar refractivity (Wildman–Crippen MR) is 242 cm³/mol. The Kier molecular flexibility index (Phi) is 7.43. The van der Waals surface area contributed by atoms with Gasteiger partial charge < -0.3 is 13.7 Å². The summed E-state index contributed by atoms with van der Waals surface area (Å²) >= 11 is 0. The molecule has 0 aliphatic carbocycles. The second kappa shape index (κ2) is 13.3. The molecule has 0 aliphatic rings. The van der Waals surface area contributed by atoms with Crippen LogP contribution >= 0.6 is 0 Å². The van der Waals surface area contributed by atoms with Gasteiger partial charge >= 0.3 is 0 Å². The average Bonchev–Trinajstić information content (AvgIpc) is 3.95. The van der Waals surface area contributed by atoms with Crippen LogP contribution < -0.4 is 0 Å². The van der Waals surface area contributed by atoms with Gasteiger partial charge in [-0.15, -0.1) is 0 Å². The van der Waals surface area contributed by atoms with Gasteiger partial charge in [0.05, 0.1) is 33.1 Å².